The Morgan fingerprint density at radius 3 is 2.67 bits per heavy atom. The first-order chi connectivity index (χ1) is 9.88. The molecule has 1 heterocycles. The Labute approximate surface area is 118 Å². The molecule has 0 aliphatic carbocycles. The lowest BCUT2D eigenvalue weighted by atomic mass is 10.1. The first-order valence-corrected chi connectivity index (χ1v) is 6.09. The van der Waals surface area contributed by atoms with Crippen LogP contribution >= 0.6 is 0 Å². The van der Waals surface area contributed by atoms with Crippen molar-refractivity contribution in [2.75, 3.05) is 0 Å². The largest absolute Gasteiger partial charge is 0.453 e. The molecule has 1 aromatic carbocycles. The highest BCUT2D eigenvalue weighted by Gasteiger charge is 2.19. The highest BCUT2D eigenvalue weighted by atomic mass is 19.1. The summed E-state index contributed by atoms with van der Waals surface area (Å²) in [7, 11) is 1.38. The van der Waals surface area contributed by atoms with Gasteiger partial charge in [-0.1, -0.05) is 0 Å². The maximum atomic E-state index is 13.6. The highest BCUT2D eigenvalue weighted by molar-refractivity contribution is 5.87. The quantitative estimate of drug-likeness (QED) is 0.812. The van der Waals surface area contributed by atoms with Crippen LogP contribution in [-0.2, 0) is 11.8 Å². The van der Waals surface area contributed by atoms with E-state index in [2.05, 4.69) is 5.10 Å². The van der Waals surface area contributed by atoms with Crippen LogP contribution in [0.15, 0.2) is 35.1 Å². The molecule has 1 unspecified atom stereocenters. The number of nitrogens with zero attached hydrogens (tertiary/aromatic N) is 2. The molecule has 110 valence electrons. The molecular formula is C14H12F2N2O3. The molecule has 0 aliphatic heterocycles. The Kier molecular flexibility index (Phi) is 4.11. The van der Waals surface area contributed by atoms with Crippen LogP contribution in [0, 0.1) is 11.6 Å². The van der Waals surface area contributed by atoms with Gasteiger partial charge in [0.05, 0.1) is 0 Å². The fourth-order valence-electron chi connectivity index (χ4n) is 1.72. The lowest BCUT2D eigenvalue weighted by Gasteiger charge is -2.14. The van der Waals surface area contributed by atoms with Gasteiger partial charge in [-0.15, -0.1) is 0 Å². The first kappa shape index (κ1) is 14.8. The van der Waals surface area contributed by atoms with Gasteiger partial charge in [0.2, 0.25) is 0 Å². The van der Waals surface area contributed by atoms with Gasteiger partial charge < -0.3 is 4.74 Å². The van der Waals surface area contributed by atoms with Crippen LogP contribution < -0.4 is 5.56 Å². The second-order valence-corrected chi connectivity index (χ2v) is 4.39. The minimum atomic E-state index is -0.993. The summed E-state index contributed by atoms with van der Waals surface area (Å²) in [4.78, 5) is 23.0. The van der Waals surface area contributed by atoms with Crippen molar-refractivity contribution in [3.05, 3.63) is 63.6 Å². The van der Waals surface area contributed by atoms with Crippen molar-refractivity contribution in [1.29, 1.82) is 0 Å². The fraction of sp³-hybridized carbons (Fsp3) is 0.214. The number of rotatable bonds is 3. The number of benzene rings is 1. The zero-order chi connectivity index (χ0) is 15.6. The third kappa shape index (κ3) is 3.31. The Hall–Kier alpha value is -2.57. The molecule has 1 atom stereocenters. The number of hydrogen-bond acceptors (Lipinski definition) is 4. The molecule has 0 amide bonds. The van der Waals surface area contributed by atoms with E-state index in [1.54, 1.807) is 0 Å². The molecule has 0 N–H and O–H groups in total. The van der Waals surface area contributed by atoms with Crippen LogP contribution in [0.1, 0.15) is 29.1 Å². The summed E-state index contributed by atoms with van der Waals surface area (Å²) in [5, 5.41) is 3.72. The number of carbonyl (C=O) groups excluding carboxylic acids is 1. The van der Waals surface area contributed by atoms with E-state index in [0.29, 0.717) is 0 Å². The van der Waals surface area contributed by atoms with Crippen LogP contribution in [0.3, 0.4) is 0 Å². The van der Waals surface area contributed by atoms with Crippen LogP contribution in [0.2, 0.25) is 0 Å². The van der Waals surface area contributed by atoms with Gasteiger partial charge in [0.15, 0.2) is 5.69 Å². The van der Waals surface area contributed by atoms with Gasteiger partial charge in [-0.2, -0.15) is 5.10 Å². The van der Waals surface area contributed by atoms with Crippen molar-refractivity contribution in [1.82, 2.24) is 9.78 Å². The van der Waals surface area contributed by atoms with Crippen molar-refractivity contribution >= 4 is 5.97 Å². The number of aromatic nitrogens is 2. The third-order valence-corrected chi connectivity index (χ3v) is 2.85. The van der Waals surface area contributed by atoms with E-state index < -0.39 is 23.7 Å². The van der Waals surface area contributed by atoms with Crippen LogP contribution in [0.5, 0.6) is 0 Å². The molecule has 0 spiro atoms. The molecule has 0 aliphatic rings. The van der Waals surface area contributed by atoms with Crippen LogP contribution in [0.25, 0.3) is 0 Å². The summed E-state index contributed by atoms with van der Waals surface area (Å²) in [6.07, 6.45) is -0.993. The fourth-order valence-corrected chi connectivity index (χ4v) is 1.72. The molecule has 1 aromatic heterocycles. The predicted octanol–water partition coefficient (Wildman–Crippen LogP) is 1.98. The van der Waals surface area contributed by atoms with Crippen molar-refractivity contribution in [2.24, 2.45) is 7.05 Å². The van der Waals surface area contributed by atoms with E-state index in [1.165, 1.54) is 20.0 Å². The molecule has 5 nitrogen and oxygen atoms in total. The standard InChI is InChI=1S/C14H12F2N2O3/c1-8(10-7-9(15)3-4-11(10)16)21-14(20)12-5-6-13(19)18(2)17-12/h3-8H,1-2H3. The van der Waals surface area contributed by atoms with E-state index in [4.69, 9.17) is 4.74 Å². The Bertz CT molecular complexity index is 743. The van der Waals surface area contributed by atoms with Crippen molar-refractivity contribution in [3.8, 4) is 0 Å². The molecule has 0 saturated heterocycles. The average molecular weight is 294 g/mol. The first-order valence-electron chi connectivity index (χ1n) is 6.09. The lowest BCUT2D eigenvalue weighted by molar-refractivity contribution is 0.0320. The maximum absolute atomic E-state index is 13.6. The number of carbonyl (C=O) groups is 1. The van der Waals surface area contributed by atoms with Crippen LogP contribution in [0.4, 0.5) is 8.78 Å². The summed E-state index contributed by atoms with van der Waals surface area (Å²) in [6, 6.07) is 5.26. The number of halogens is 2. The molecule has 0 bridgehead atoms. The average Bonchev–Trinajstić information content (AvgIpc) is 2.44. The predicted molar refractivity (Wildman–Crippen MR) is 69.7 cm³/mol. The summed E-state index contributed by atoms with van der Waals surface area (Å²) < 4.78 is 32.7. The third-order valence-electron chi connectivity index (χ3n) is 2.85. The SMILES string of the molecule is CC(OC(=O)c1ccc(=O)n(C)n1)c1cc(F)ccc1F. The highest BCUT2D eigenvalue weighted by Crippen LogP contribution is 2.22. The van der Waals surface area contributed by atoms with Gasteiger partial charge in [0.1, 0.15) is 17.7 Å². The Balaban J connectivity index is 2.20. The summed E-state index contributed by atoms with van der Waals surface area (Å²) in [6.45, 7) is 1.41. The molecule has 2 rings (SSSR count). The molecule has 0 saturated carbocycles. The monoisotopic (exact) mass is 294 g/mol. The molecule has 0 fully saturated rings. The molecular weight excluding hydrogens is 282 g/mol. The normalized spacial score (nSPS) is 12.0. The van der Waals surface area contributed by atoms with E-state index >= 15 is 0 Å². The number of hydrogen-bond donors (Lipinski definition) is 0. The van der Waals surface area contributed by atoms with Gasteiger partial charge in [-0.25, -0.2) is 18.3 Å². The van der Waals surface area contributed by atoms with Crippen LogP contribution in [-0.4, -0.2) is 15.7 Å². The molecule has 21 heavy (non-hydrogen) atoms. The molecule has 7 heteroatoms. The van der Waals surface area contributed by atoms with Gasteiger partial charge >= 0.3 is 5.97 Å². The van der Waals surface area contributed by atoms with Crippen molar-refractivity contribution in [3.63, 3.8) is 0 Å². The second kappa shape index (κ2) is 5.82. The number of esters is 1. The Morgan fingerprint density at radius 1 is 1.29 bits per heavy atom. The van der Waals surface area contributed by atoms with Crippen molar-refractivity contribution < 1.29 is 18.3 Å². The van der Waals surface area contributed by atoms with E-state index in [0.717, 1.165) is 28.9 Å². The molecule has 0 radical (unpaired) electrons. The summed E-state index contributed by atoms with van der Waals surface area (Å²) in [5.41, 5.74) is -0.551. The molecule has 2 aromatic rings. The van der Waals surface area contributed by atoms with E-state index in [9.17, 15) is 18.4 Å². The smallest absolute Gasteiger partial charge is 0.359 e. The zero-order valence-corrected chi connectivity index (χ0v) is 11.3. The Morgan fingerprint density at radius 2 is 2.00 bits per heavy atom. The lowest BCUT2D eigenvalue weighted by Crippen LogP contribution is -2.22. The number of ether oxygens (including phenoxy) is 1. The second-order valence-electron chi connectivity index (χ2n) is 4.39. The summed E-state index contributed by atoms with van der Waals surface area (Å²) >= 11 is 0. The topological polar surface area (TPSA) is 61.2 Å². The van der Waals surface area contributed by atoms with Gasteiger partial charge in [-0.05, 0) is 31.2 Å². The maximum Gasteiger partial charge on any atom is 0.359 e. The zero-order valence-electron chi connectivity index (χ0n) is 11.3. The minimum Gasteiger partial charge on any atom is -0.453 e. The number of aryl methyl sites for hydroxylation is 1. The van der Waals surface area contributed by atoms with Gasteiger partial charge in [-0.3, -0.25) is 4.79 Å². The van der Waals surface area contributed by atoms with E-state index in [-0.39, 0.29) is 16.8 Å². The van der Waals surface area contributed by atoms with E-state index in [1.807, 2.05) is 0 Å². The minimum absolute atomic E-state index is 0.0758. The van der Waals surface area contributed by atoms with Crippen molar-refractivity contribution in [2.45, 2.75) is 13.0 Å². The van der Waals surface area contributed by atoms with Gasteiger partial charge in [0.25, 0.3) is 5.56 Å². The summed E-state index contributed by atoms with van der Waals surface area (Å²) in [5.74, 6) is -2.14. The van der Waals surface area contributed by atoms with Gasteiger partial charge in [0, 0.05) is 18.7 Å².